The highest BCUT2D eigenvalue weighted by Gasteiger charge is 2.41. The summed E-state index contributed by atoms with van der Waals surface area (Å²) >= 11 is 0. The van der Waals surface area contributed by atoms with Crippen LogP contribution in [-0.4, -0.2) is 30.0 Å². The summed E-state index contributed by atoms with van der Waals surface area (Å²) in [4.78, 5) is 4.03. The maximum atomic E-state index is 12.9. The Labute approximate surface area is 120 Å². The molecule has 0 spiro atoms. The zero-order valence-corrected chi connectivity index (χ0v) is 11.7. The molecule has 0 atom stereocenters. The number of ether oxygens (including phenoxy) is 1. The van der Waals surface area contributed by atoms with Crippen LogP contribution >= 0.6 is 0 Å². The van der Waals surface area contributed by atoms with Gasteiger partial charge in [-0.3, -0.25) is 0 Å². The Bertz CT molecular complexity index is 478. The summed E-state index contributed by atoms with van der Waals surface area (Å²) in [6, 6.07) is 3.87. The molecule has 1 aromatic heterocycles. The molecular weight excluding hydrogens is 288 g/mol. The molecule has 0 aliphatic heterocycles. The van der Waals surface area contributed by atoms with Crippen molar-refractivity contribution < 1.29 is 22.3 Å². The standard InChI is InChI=1S/C14H18F4N2O/c1-2-10-5-9(7-19-11-3-4-11)6-12(20-10)21-8-14(17,18)13(15)16/h5-6,11,13,19H,2-4,7-8H2,1H3. The van der Waals surface area contributed by atoms with E-state index in [4.69, 9.17) is 4.74 Å². The highest BCUT2D eigenvalue weighted by Crippen LogP contribution is 2.25. The van der Waals surface area contributed by atoms with E-state index in [1.54, 1.807) is 0 Å². The average molecular weight is 306 g/mol. The minimum absolute atomic E-state index is 0.0396. The highest BCUT2D eigenvalue weighted by atomic mass is 19.3. The van der Waals surface area contributed by atoms with Crippen molar-refractivity contribution in [1.29, 1.82) is 0 Å². The summed E-state index contributed by atoms with van der Waals surface area (Å²) in [6.45, 7) is 1.08. The molecule has 1 fully saturated rings. The van der Waals surface area contributed by atoms with Crippen molar-refractivity contribution in [3.05, 3.63) is 23.4 Å². The number of aromatic nitrogens is 1. The van der Waals surface area contributed by atoms with Gasteiger partial charge in [0.15, 0.2) is 6.61 Å². The van der Waals surface area contributed by atoms with E-state index in [1.807, 2.05) is 13.0 Å². The Morgan fingerprint density at radius 1 is 1.38 bits per heavy atom. The van der Waals surface area contributed by atoms with E-state index in [0.717, 1.165) is 18.4 Å². The van der Waals surface area contributed by atoms with Gasteiger partial charge in [0.05, 0.1) is 0 Å². The van der Waals surface area contributed by atoms with Crippen LogP contribution in [0.5, 0.6) is 5.88 Å². The summed E-state index contributed by atoms with van der Waals surface area (Å²) < 4.78 is 54.7. The van der Waals surface area contributed by atoms with Crippen molar-refractivity contribution in [3.8, 4) is 5.88 Å². The summed E-state index contributed by atoms with van der Waals surface area (Å²) in [6.07, 6.45) is -0.868. The molecule has 1 aliphatic carbocycles. The van der Waals surface area contributed by atoms with Gasteiger partial charge in [0.1, 0.15) is 0 Å². The second-order valence-corrected chi connectivity index (χ2v) is 5.16. The quantitative estimate of drug-likeness (QED) is 0.749. The molecule has 0 bridgehead atoms. The van der Waals surface area contributed by atoms with Crippen LogP contribution in [0.15, 0.2) is 12.1 Å². The van der Waals surface area contributed by atoms with E-state index < -0.39 is 19.0 Å². The van der Waals surface area contributed by atoms with Gasteiger partial charge in [-0.05, 0) is 30.9 Å². The number of hydrogen-bond acceptors (Lipinski definition) is 3. The molecule has 2 rings (SSSR count). The van der Waals surface area contributed by atoms with Gasteiger partial charge in [0.2, 0.25) is 5.88 Å². The molecule has 0 unspecified atom stereocenters. The normalized spacial score (nSPS) is 15.5. The van der Waals surface area contributed by atoms with Gasteiger partial charge >= 0.3 is 12.3 Å². The average Bonchev–Trinajstić information content (AvgIpc) is 3.27. The van der Waals surface area contributed by atoms with Crippen LogP contribution in [0.2, 0.25) is 0 Å². The molecule has 1 heterocycles. The van der Waals surface area contributed by atoms with E-state index in [9.17, 15) is 17.6 Å². The molecule has 1 saturated carbocycles. The number of aryl methyl sites for hydroxylation is 1. The minimum atomic E-state index is -4.17. The smallest absolute Gasteiger partial charge is 0.340 e. The van der Waals surface area contributed by atoms with E-state index in [0.29, 0.717) is 24.7 Å². The first kappa shape index (κ1) is 16.0. The maximum absolute atomic E-state index is 12.9. The lowest BCUT2D eigenvalue weighted by atomic mass is 10.2. The highest BCUT2D eigenvalue weighted by molar-refractivity contribution is 5.25. The van der Waals surface area contributed by atoms with Crippen LogP contribution in [0.3, 0.4) is 0 Å². The molecule has 21 heavy (non-hydrogen) atoms. The third-order valence-corrected chi connectivity index (χ3v) is 3.18. The molecular formula is C14H18F4N2O. The first-order valence-electron chi connectivity index (χ1n) is 6.92. The summed E-state index contributed by atoms with van der Waals surface area (Å²) in [5, 5.41) is 3.29. The van der Waals surface area contributed by atoms with E-state index in [2.05, 4.69) is 10.3 Å². The van der Waals surface area contributed by atoms with Gasteiger partial charge in [0, 0.05) is 24.3 Å². The number of halogens is 4. The largest absolute Gasteiger partial charge is 0.471 e. The van der Waals surface area contributed by atoms with Crippen molar-refractivity contribution in [2.75, 3.05) is 6.61 Å². The molecule has 7 heteroatoms. The first-order chi connectivity index (χ1) is 9.90. The SMILES string of the molecule is CCc1cc(CNC2CC2)cc(OCC(F)(F)C(F)F)n1. The Kier molecular flexibility index (Phi) is 5.03. The van der Waals surface area contributed by atoms with Crippen molar-refractivity contribution in [2.45, 2.75) is 51.1 Å². The monoisotopic (exact) mass is 306 g/mol. The lowest BCUT2D eigenvalue weighted by Gasteiger charge is -2.16. The van der Waals surface area contributed by atoms with Gasteiger partial charge < -0.3 is 10.1 Å². The summed E-state index contributed by atoms with van der Waals surface area (Å²) in [5.74, 6) is -4.21. The van der Waals surface area contributed by atoms with Crippen molar-refractivity contribution in [3.63, 3.8) is 0 Å². The predicted molar refractivity (Wildman–Crippen MR) is 69.9 cm³/mol. The lowest BCUT2D eigenvalue weighted by molar-refractivity contribution is -0.148. The molecule has 0 amide bonds. The Morgan fingerprint density at radius 2 is 2.10 bits per heavy atom. The van der Waals surface area contributed by atoms with Crippen LogP contribution in [0, 0.1) is 0 Å². The van der Waals surface area contributed by atoms with E-state index in [1.165, 1.54) is 6.07 Å². The Morgan fingerprint density at radius 3 is 2.67 bits per heavy atom. The minimum Gasteiger partial charge on any atom is -0.471 e. The topological polar surface area (TPSA) is 34.1 Å². The molecule has 0 radical (unpaired) electrons. The lowest BCUT2D eigenvalue weighted by Crippen LogP contribution is -2.34. The fraction of sp³-hybridized carbons (Fsp3) is 0.643. The zero-order chi connectivity index (χ0) is 15.5. The van der Waals surface area contributed by atoms with E-state index in [-0.39, 0.29) is 5.88 Å². The van der Waals surface area contributed by atoms with Gasteiger partial charge in [-0.2, -0.15) is 8.78 Å². The molecule has 3 nitrogen and oxygen atoms in total. The van der Waals surface area contributed by atoms with Crippen LogP contribution < -0.4 is 10.1 Å². The molecule has 1 aromatic rings. The number of nitrogens with zero attached hydrogens (tertiary/aromatic N) is 1. The van der Waals surface area contributed by atoms with Crippen molar-refractivity contribution in [1.82, 2.24) is 10.3 Å². The number of hydrogen-bond donors (Lipinski definition) is 1. The molecule has 0 saturated heterocycles. The van der Waals surface area contributed by atoms with E-state index >= 15 is 0 Å². The third-order valence-electron chi connectivity index (χ3n) is 3.18. The fourth-order valence-electron chi connectivity index (χ4n) is 1.76. The van der Waals surface area contributed by atoms with Crippen LogP contribution in [0.25, 0.3) is 0 Å². The van der Waals surface area contributed by atoms with Crippen molar-refractivity contribution in [2.24, 2.45) is 0 Å². The zero-order valence-electron chi connectivity index (χ0n) is 11.7. The van der Waals surface area contributed by atoms with Crippen LogP contribution in [0.1, 0.15) is 31.0 Å². The Balaban J connectivity index is 2.01. The maximum Gasteiger partial charge on any atom is 0.340 e. The van der Waals surface area contributed by atoms with Gasteiger partial charge in [-0.1, -0.05) is 6.92 Å². The number of rotatable bonds is 8. The molecule has 0 aromatic carbocycles. The van der Waals surface area contributed by atoms with Gasteiger partial charge in [0.25, 0.3) is 0 Å². The molecule has 118 valence electrons. The second-order valence-electron chi connectivity index (χ2n) is 5.16. The second kappa shape index (κ2) is 6.60. The number of nitrogens with one attached hydrogen (secondary N) is 1. The van der Waals surface area contributed by atoms with Crippen molar-refractivity contribution >= 4 is 0 Å². The molecule has 1 N–H and O–H groups in total. The Hall–Kier alpha value is -1.37. The first-order valence-corrected chi connectivity index (χ1v) is 6.92. The van der Waals surface area contributed by atoms with Gasteiger partial charge in [-0.25, -0.2) is 13.8 Å². The van der Waals surface area contributed by atoms with Gasteiger partial charge in [-0.15, -0.1) is 0 Å². The molecule has 1 aliphatic rings. The summed E-state index contributed by atoms with van der Waals surface area (Å²) in [7, 11) is 0. The number of pyridine rings is 1. The third kappa shape index (κ3) is 4.84. The number of alkyl halides is 4. The summed E-state index contributed by atoms with van der Waals surface area (Å²) in [5.41, 5.74) is 1.53. The predicted octanol–water partition coefficient (Wildman–Crippen LogP) is 3.18. The fourth-order valence-corrected chi connectivity index (χ4v) is 1.76. The van der Waals surface area contributed by atoms with Crippen LogP contribution in [0.4, 0.5) is 17.6 Å². The van der Waals surface area contributed by atoms with Crippen LogP contribution in [-0.2, 0) is 13.0 Å².